The summed E-state index contributed by atoms with van der Waals surface area (Å²) in [7, 11) is 0. The molecule has 1 fully saturated rings. The second-order valence-electron chi connectivity index (χ2n) is 8.22. The van der Waals surface area contributed by atoms with Gasteiger partial charge in [-0.15, -0.1) is 0 Å². The van der Waals surface area contributed by atoms with Crippen molar-refractivity contribution in [3.63, 3.8) is 0 Å². The molecule has 1 unspecified atom stereocenters. The molecule has 3 aromatic rings. The lowest BCUT2D eigenvalue weighted by atomic mass is 10.1. The number of amides is 2. The summed E-state index contributed by atoms with van der Waals surface area (Å²) in [6, 6.07) is 21.8. The average Bonchev–Trinajstić information content (AvgIpc) is 3.20. The molecule has 0 aromatic heterocycles. The van der Waals surface area contributed by atoms with E-state index in [-0.39, 0.29) is 17.0 Å². The molecule has 0 aliphatic carbocycles. The van der Waals surface area contributed by atoms with Crippen LogP contribution in [0.3, 0.4) is 0 Å². The molecule has 0 spiro atoms. The van der Waals surface area contributed by atoms with E-state index in [0.29, 0.717) is 29.3 Å². The van der Waals surface area contributed by atoms with Gasteiger partial charge in [0.2, 0.25) is 5.91 Å². The molecule has 38 heavy (non-hydrogen) atoms. The number of para-hydroxylation sites is 1. The zero-order chi connectivity index (χ0) is 27.3. The normalized spacial score (nSPS) is 16.7. The number of nitriles is 1. The lowest BCUT2D eigenvalue weighted by molar-refractivity contribution is -0.137. The van der Waals surface area contributed by atoms with Crippen LogP contribution in [0.25, 0.3) is 0 Å². The van der Waals surface area contributed by atoms with Crippen molar-refractivity contribution in [3.05, 3.63) is 101 Å². The van der Waals surface area contributed by atoms with Gasteiger partial charge in [-0.2, -0.15) is 18.4 Å². The van der Waals surface area contributed by atoms with Crippen molar-refractivity contribution in [2.24, 2.45) is 0 Å². The highest BCUT2D eigenvalue weighted by atomic mass is 32.2. The van der Waals surface area contributed by atoms with Gasteiger partial charge in [0.1, 0.15) is 22.4 Å². The first-order chi connectivity index (χ1) is 18.2. The van der Waals surface area contributed by atoms with Crippen LogP contribution in [0.15, 0.2) is 89.5 Å². The number of hydrogen-bond donors (Lipinski definition) is 1. The molecule has 0 saturated carbocycles. The van der Waals surface area contributed by atoms with Gasteiger partial charge in [0.05, 0.1) is 17.4 Å². The van der Waals surface area contributed by atoms with Crippen molar-refractivity contribution in [1.29, 1.82) is 5.26 Å². The van der Waals surface area contributed by atoms with E-state index in [0.717, 1.165) is 23.9 Å². The van der Waals surface area contributed by atoms with Crippen LogP contribution in [-0.2, 0) is 22.2 Å². The molecule has 2 amide bonds. The Bertz CT molecular complexity index is 1400. The van der Waals surface area contributed by atoms with E-state index in [1.54, 1.807) is 54.6 Å². The SMILES string of the molecule is CCOc1ccc(N2C(=O)C(Cc3cccc(C(F)(F)F)c3)S/C2=C(/C#N)C(=O)Nc2ccccc2)cc1. The molecular weight excluding hydrogens is 515 g/mol. The number of rotatable bonds is 7. The Morgan fingerprint density at radius 3 is 2.42 bits per heavy atom. The Morgan fingerprint density at radius 2 is 1.79 bits per heavy atom. The van der Waals surface area contributed by atoms with Crippen LogP contribution in [-0.4, -0.2) is 23.7 Å². The monoisotopic (exact) mass is 537 g/mol. The van der Waals surface area contributed by atoms with E-state index >= 15 is 0 Å². The number of carbonyl (C=O) groups is 2. The lowest BCUT2D eigenvalue weighted by Crippen LogP contribution is -2.31. The molecule has 1 heterocycles. The number of halogens is 3. The summed E-state index contributed by atoms with van der Waals surface area (Å²) in [5, 5.41) is 11.8. The molecule has 1 saturated heterocycles. The zero-order valence-electron chi connectivity index (χ0n) is 20.2. The molecule has 1 aliphatic rings. The molecule has 1 aliphatic heterocycles. The van der Waals surface area contributed by atoms with Crippen LogP contribution in [0, 0.1) is 11.3 Å². The van der Waals surface area contributed by atoms with Gasteiger partial charge in [-0.1, -0.05) is 48.2 Å². The number of anilines is 2. The third kappa shape index (κ3) is 6.01. The van der Waals surface area contributed by atoms with Gasteiger partial charge in [0, 0.05) is 11.4 Å². The summed E-state index contributed by atoms with van der Waals surface area (Å²) in [6.45, 7) is 2.28. The first-order valence-electron chi connectivity index (χ1n) is 11.6. The molecule has 0 radical (unpaired) electrons. The van der Waals surface area contributed by atoms with Gasteiger partial charge in [0.15, 0.2) is 0 Å². The van der Waals surface area contributed by atoms with E-state index in [1.807, 2.05) is 13.0 Å². The first-order valence-corrected chi connectivity index (χ1v) is 12.5. The number of ether oxygens (including phenoxy) is 1. The molecule has 6 nitrogen and oxygen atoms in total. The number of nitrogens with one attached hydrogen (secondary N) is 1. The van der Waals surface area contributed by atoms with Crippen molar-refractivity contribution >= 4 is 35.0 Å². The fourth-order valence-corrected chi connectivity index (χ4v) is 5.19. The average molecular weight is 538 g/mol. The molecule has 194 valence electrons. The van der Waals surface area contributed by atoms with Crippen molar-refractivity contribution in [3.8, 4) is 11.8 Å². The second kappa shape index (κ2) is 11.4. The van der Waals surface area contributed by atoms with E-state index in [4.69, 9.17) is 4.74 Å². The summed E-state index contributed by atoms with van der Waals surface area (Å²) in [5.41, 5.74) is 0.0732. The lowest BCUT2D eigenvalue weighted by Gasteiger charge is -2.19. The predicted molar refractivity (Wildman–Crippen MR) is 139 cm³/mol. The molecular formula is C28H22F3N3O3S. The van der Waals surface area contributed by atoms with Crippen LogP contribution in [0.5, 0.6) is 5.75 Å². The maximum absolute atomic E-state index is 13.6. The van der Waals surface area contributed by atoms with Crippen molar-refractivity contribution in [2.45, 2.75) is 24.8 Å². The van der Waals surface area contributed by atoms with E-state index < -0.39 is 28.8 Å². The predicted octanol–water partition coefficient (Wildman–Crippen LogP) is 6.17. The molecule has 10 heteroatoms. The smallest absolute Gasteiger partial charge is 0.416 e. The Labute approximate surface area is 221 Å². The Morgan fingerprint density at radius 1 is 1.08 bits per heavy atom. The van der Waals surface area contributed by atoms with E-state index in [2.05, 4.69) is 5.32 Å². The minimum absolute atomic E-state index is 0.0243. The Kier molecular flexibility index (Phi) is 8.08. The number of nitrogens with zero attached hydrogens (tertiary/aromatic N) is 2. The van der Waals surface area contributed by atoms with E-state index in [1.165, 1.54) is 17.0 Å². The van der Waals surface area contributed by atoms with Crippen LogP contribution < -0.4 is 15.0 Å². The minimum atomic E-state index is -4.52. The Balaban J connectivity index is 1.72. The van der Waals surface area contributed by atoms with Gasteiger partial charge in [-0.3, -0.25) is 14.5 Å². The molecule has 0 bridgehead atoms. The van der Waals surface area contributed by atoms with Crippen LogP contribution in [0.4, 0.5) is 24.5 Å². The van der Waals surface area contributed by atoms with Crippen LogP contribution in [0.1, 0.15) is 18.1 Å². The molecule has 4 rings (SSSR count). The summed E-state index contributed by atoms with van der Waals surface area (Å²) in [6.07, 6.45) is -4.55. The fraction of sp³-hybridized carbons (Fsp3) is 0.179. The van der Waals surface area contributed by atoms with Crippen molar-refractivity contribution < 1.29 is 27.5 Å². The third-order valence-corrected chi connectivity index (χ3v) is 6.88. The molecule has 3 aromatic carbocycles. The highest BCUT2D eigenvalue weighted by Crippen LogP contribution is 2.42. The fourth-order valence-electron chi connectivity index (χ4n) is 3.88. The number of hydrogen-bond acceptors (Lipinski definition) is 5. The highest BCUT2D eigenvalue weighted by molar-refractivity contribution is 8.05. The molecule has 1 atom stereocenters. The number of alkyl halides is 3. The van der Waals surface area contributed by atoms with Gasteiger partial charge >= 0.3 is 6.18 Å². The van der Waals surface area contributed by atoms with Gasteiger partial charge < -0.3 is 10.1 Å². The van der Waals surface area contributed by atoms with Crippen molar-refractivity contribution in [1.82, 2.24) is 0 Å². The second-order valence-corrected chi connectivity index (χ2v) is 9.41. The maximum atomic E-state index is 13.6. The Hall–Kier alpha value is -4.23. The minimum Gasteiger partial charge on any atom is -0.494 e. The highest BCUT2D eigenvalue weighted by Gasteiger charge is 2.41. The number of thioether (sulfide) groups is 1. The van der Waals surface area contributed by atoms with Crippen molar-refractivity contribution in [2.75, 3.05) is 16.8 Å². The van der Waals surface area contributed by atoms with Gasteiger partial charge in [-0.05, 0) is 61.4 Å². The number of benzene rings is 3. The number of carbonyl (C=O) groups excluding carboxylic acids is 2. The zero-order valence-corrected chi connectivity index (χ0v) is 21.0. The maximum Gasteiger partial charge on any atom is 0.416 e. The summed E-state index contributed by atoms with van der Waals surface area (Å²) < 4.78 is 45.2. The first kappa shape index (κ1) is 26.8. The van der Waals surface area contributed by atoms with E-state index in [9.17, 15) is 28.0 Å². The summed E-state index contributed by atoms with van der Waals surface area (Å²) >= 11 is 0.976. The molecule has 1 N–H and O–H groups in total. The third-order valence-electron chi connectivity index (χ3n) is 5.62. The van der Waals surface area contributed by atoms with Crippen LogP contribution >= 0.6 is 11.8 Å². The summed E-state index contributed by atoms with van der Waals surface area (Å²) in [5.74, 6) is -0.583. The standard InChI is InChI=1S/C28H22F3N3O3S/c1-2-37-22-13-11-21(12-14-22)34-26(36)24(16-18-7-6-8-19(15-18)28(29,30)31)38-27(34)23(17-32)25(35)33-20-9-4-3-5-10-20/h3-15,24H,2,16H2,1H3,(H,33,35)/b27-23-. The van der Waals surface area contributed by atoms with Gasteiger partial charge in [0.25, 0.3) is 5.91 Å². The largest absolute Gasteiger partial charge is 0.494 e. The summed E-state index contributed by atoms with van der Waals surface area (Å²) in [4.78, 5) is 27.9. The quantitative estimate of drug-likeness (QED) is 0.288. The van der Waals surface area contributed by atoms with Crippen LogP contribution in [0.2, 0.25) is 0 Å². The topological polar surface area (TPSA) is 82.4 Å². The van der Waals surface area contributed by atoms with Gasteiger partial charge in [-0.25, -0.2) is 0 Å².